The zero-order valence-electron chi connectivity index (χ0n) is 17.7. The molecule has 0 bridgehead atoms. The first-order valence-corrected chi connectivity index (χ1v) is 11.7. The molecule has 9 heteroatoms. The highest BCUT2D eigenvalue weighted by atomic mass is 35.5. The predicted octanol–water partition coefficient (Wildman–Crippen LogP) is 4.75. The van der Waals surface area contributed by atoms with E-state index in [1.165, 1.54) is 25.3 Å². The topological polar surface area (TPSA) is 102 Å². The molecule has 33 heavy (non-hydrogen) atoms. The van der Waals surface area contributed by atoms with Crippen molar-refractivity contribution in [2.24, 2.45) is 0 Å². The maximum Gasteiger partial charge on any atom is 0.265 e. The summed E-state index contributed by atoms with van der Waals surface area (Å²) in [6.45, 7) is 1.79. The lowest BCUT2D eigenvalue weighted by molar-refractivity contribution is 0.0982. The number of Topliss-reactive ketones (excluding diaryl/α,β-unsaturated/α-hetero) is 2. The Morgan fingerprint density at radius 3 is 2.18 bits per heavy atom. The number of methoxy groups -OCH3 is 1. The number of carbonyl (C=O) groups excluding carboxylic acids is 2. The second kappa shape index (κ2) is 8.73. The number of benzene rings is 3. The zero-order chi connectivity index (χ0) is 23.8. The predicted molar refractivity (Wildman–Crippen MR) is 127 cm³/mol. The van der Waals surface area contributed by atoms with Gasteiger partial charge in [-0.05, 0) is 30.7 Å². The lowest BCUT2D eigenvalue weighted by Crippen LogP contribution is -2.24. The molecule has 0 unspecified atom stereocenters. The molecular formula is C24H19ClN2O5S. The number of ether oxygens (including phenoxy) is 1. The van der Waals surface area contributed by atoms with E-state index in [4.69, 9.17) is 16.3 Å². The molecule has 1 aliphatic carbocycles. The fourth-order valence-corrected chi connectivity index (χ4v) is 4.97. The highest BCUT2D eigenvalue weighted by molar-refractivity contribution is 7.92. The summed E-state index contributed by atoms with van der Waals surface area (Å²) in [7, 11) is -2.62. The van der Waals surface area contributed by atoms with E-state index < -0.39 is 21.6 Å². The van der Waals surface area contributed by atoms with Gasteiger partial charge in [0.25, 0.3) is 10.0 Å². The lowest BCUT2D eigenvalue weighted by atomic mass is 9.92. The van der Waals surface area contributed by atoms with Gasteiger partial charge in [-0.1, -0.05) is 54.1 Å². The largest absolute Gasteiger partial charge is 0.495 e. The highest BCUT2D eigenvalue weighted by Crippen LogP contribution is 2.33. The number of carbonyl (C=O) groups is 2. The number of aryl methyl sites for hydroxylation is 1. The molecule has 0 spiro atoms. The van der Waals surface area contributed by atoms with E-state index in [1.54, 1.807) is 49.4 Å². The van der Waals surface area contributed by atoms with Crippen LogP contribution < -0.4 is 14.8 Å². The summed E-state index contributed by atoms with van der Waals surface area (Å²) in [4.78, 5) is 25.4. The average Bonchev–Trinajstić information content (AvgIpc) is 2.81. The Balaban J connectivity index is 1.67. The average molecular weight is 483 g/mol. The highest BCUT2D eigenvalue weighted by Gasteiger charge is 2.31. The maximum absolute atomic E-state index is 13.0. The van der Waals surface area contributed by atoms with Crippen molar-refractivity contribution in [2.45, 2.75) is 11.8 Å². The van der Waals surface area contributed by atoms with Crippen LogP contribution in [0.25, 0.3) is 0 Å². The molecule has 0 heterocycles. The molecule has 0 atom stereocenters. The van der Waals surface area contributed by atoms with E-state index in [0.29, 0.717) is 11.4 Å². The molecule has 3 aromatic carbocycles. The standard InChI is InChI=1S/C24H19ClN2O5S/c1-14-7-3-6-10-18(14)27-33(30,31)20-12-11-15(13-19(20)32-2)26-22-21(25)23(28)16-8-4-5-9-17(16)24(22)29/h3-13,26-27H,1-2H3. The SMILES string of the molecule is COc1cc(NC2=C(Cl)C(=O)c3ccccc3C2=O)ccc1S(=O)(=O)Nc1ccccc1C. The van der Waals surface area contributed by atoms with Gasteiger partial charge in [-0.15, -0.1) is 0 Å². The number of fused-ring (bicyclic) bond motifs is 1. The van der Waals surface area contributed by atoms with Crippen LogP contribution in [0.5, 0.6) is 5.75 Å². The Bertz CT molecular complexity index is 1430. The summed E-state index contributed by atoms with van der Waals surface area (Å²) < 4.78 is 33.8. The number of allylic oxidation sites excluding steroid dienone is 2. The van der Waals surface area contributed by atoms with E-state index in [2.05, 4.69) is 10.0 Å². The first kappa shape index (κ1) is 22.6. The third-order valence-electron chi connectivity index (χ3n) is 5.17. The van der Waals surface area contributed by atoms with Gasteiger partial charge in [-0.3, -0.25) is 14.3 Å². The van der Waals surface area contributed by atoms with Crippen LogP contribution in [-0.4, -0.2) is 27.1 Å². The molecule has 0 amide bonds. The third kappa shape index (κ3) is 4.22. The second-order valence-corrected chi connectivity index (χ2v) is 9.33. The number of hydrogen-bond donors (Lipinski definition) is 2. The van der Waals surface area contributed by atoms with E-state index in [0.717, 1.165) is 5.56 Å². The number of anilines is 2. The molecule has 0 saturated heterocycles. The van der Waals surface area contributed by atoms with E-state index in [1.807, 2.05) is 6.07 Å². The first-order chi connectivity index (χ1) is 15.7. The number of sulfonamides is 1. The molecule has 1 aliphatic rings. The molecule has 168 valence electrons. The monoisotopic (exact) mass is 482 g/mol. The summed E-state index contributed by atoms with van der Waals surface area (Å²) >= 11 is 6.20. The molecule has 0 saturated carbocycles. The van der Waals surface area contributed by atoms with Crippen LogP contribution in [0, 0.1) is 6.92 Å². The Morgan fingerprint density at radius 1 is 0.879 bits per heavy atom. The molecule has 7 nitrogen and oxygen atoms in total. The van der Waals surface area contributed by atoms with Crippen LogP contribution in [0.2, 0.25) is 0 Å². The zero-order valence-corrected chi connectivity index (χ0v) is 19.3. The minimum absolute atomic E-state index is 0.0489. The van der Waals surface area contributed by atoms with Crippen LogP contribution in [-0.2, 0) is 10.0 Å². The normalized spacial score (nSPS) is 13.5. The number of nitrogens with one attached hydrogen (secondary N) is 2. The molecule has 4 rings (SSSR count). The minimum atomic E-state index is -3.96. The van der Waals surface area contributed by atoms with Crippen molar-refractivity contribution < 1.29 is 22.7 Å². The van der Waals surface area contributed by atoms with Crippen molar-refractivity contribution >= 4 is 44.6 Å². The molecule has 0 aliphatic heterocycles. The van der Waals surface area contributed by atoms with Gasteiger partial charge in [0.1, 0.15) is 21.4 Å². The van der Waals surface area contributed by atoms with Gasteiger partial charge in [0.05, 0.1) is 12.8 Å². The van der Waals surface area contributed by atoms with Crippen LogP contribution in [0.4, 0.5) is 11.4 Å². The Morgan fingerprint density at radius 2 is 1.52 bits per heavy atom. The van der Waals surface area contributed by atoms with Gasteiger partial charge in [0.2, 0.25) is 11.6 Å². The Kier molecular flexibility index (Phi) is 5.97. The van der Waals surface area contributed by atoms with E-state index in [9.17, 15) is 18.0 Å². The molecule has 0 radical (unpaired) electrons. The van der Waals surface area contributed by atoms with Crippen LogP contribution >= 0.6 is 11.6 Å². The lowest BCUT2D eigenvalue weighted by Gasteiger charge is -2.20. The number of para-hydroxylation sites is 1. The van der Waals surface area contributed by atoms with E-state index in [-0.39, 0.29) is 32.5 Å². The minimum Gasteiger partial charge on any atom is -0.495 e. The van der Waals surface area contributed by atoms with Crippen molar-refractivity contribution in [1.82, 2.24) is 0 Å². The van der Waals surface area contributed by atoms with Gasteiger partial charge in [0, 0.05) is 22.9 Å². The van der Waals surface area contributed by atoms with Crippen molar-refractivity contribution in [3.63, 3.8) is 0 Å². The number of rotatable bonds is 6. The van der Waals surface area contributed by atoms with Crippen LogP contribution in [0.1, 0.15) is 26.3 Å². The van der Waals surface area contributed by atoms with E-state index >= 15 is 0 Å². The smallest absolute Gasteiger partial charge is 0.265 e. The van der Waals surface area contributed by atoms with Crippen molar-refractivity contribution in [3.05, 3.63) is 94.1 Å². The summed E-state index contributed by atoms with van der Waals surface area (Å²) in [5.74, 6) is -0.858. The van der Waals surface area contributed by atoms with Crippen molar-refractivity contribution in [1.29, 1.82) is 0 Å². The number of hydrogen-bond acceptors (Lipinski definition) is 6. The van der Waals surface area contributed by atoms with Crippen molar-refractivity contribution in [2.75, 3.05) is 17.1 Å². The van der Waals surface area contributed by atoms with Crippen molar-refractivity contribution in [3.8, 4) is 5.75 Å². The molecule has 3 aromatic rings. The summed E-state index contributed by atoms with van der Waals surface area (Å²) in [5.41, 5.74) is 1.93. The number of halogens is 1. The van der Waals surface area contributed by atoms with Gasteiger partial charge < -0.3 is 10.1 Å². The van der Waals surface area contributed by atoms with Gasteiger partial charge in [-0.25, -0.2) is 8.42 Å². The summed E-state index contributed by atoms with van der Waals surface area (Å²) in [6.07, 6.45) is 0. The van der Waals surface area contributed by atoms with Crippen LogP contribution in [0.15, 0.2) is 82.4 Å². The Hall–Kier alpha value is -3.62. The fraction of sp³-hybridized carbons (Fsp3) is 0.0833. The van der Waals surface area contributed by atoms with Crippen LogP contribution in [0.3, 0.4) is 0 Å². The van der Waals surface area contributed by atoms with Gasteiger partial charge in [0.15, 0.2) is 0 Å². The fourth-order valence-electron chi connectivity index (χ4n) is 3.46. The maximum atomic E-state index is 13.0. The molecule has 2 N–H and O–H groups in total. The molecule has 0 fully saturated rings. The molecule has 0 aromatic heterocycles. The third-order valence-corrected chi connectivity index (χ3v) is 6.94. The first-order valence-electron chi connectivity index (χ1n) is 9.84. The number of ketones is 2. The molecular weight excluding hydrogens is 464 g/mol. The van der Waals surface area contributed by atoms with Gasteiger partial charge in [-0.2, -0.15) is 0 Å². The summed E-state index contributed by atoms with van der Waals surface area (Å²) in [6, 6.07) is 17.6. The Labute approximate surface area is 196 Å². The van der Waals surface area contributed by atoms with Gasteiger partial charge >= 0.3 is 0 Å². The summed E-state index contributed by atoms with van der Waals surface area (Å²) in [5, 5.41) is 2.61. The quantitative estimate of drug-likeness (QED) is 0.526. The second-order valence-electron chi connectivity index (χ2n) is 7.30.